The number of hydrogen-bond acceptors (Lipinski definition) is 3. The molecule has 2 aromatic carbocycles. The van der Waals surface area contributed by atoms with E-state index in [1.165, 1.54) is 18.2 Å². The average molecular weight is 403 g/mol. The second-order valence-electron chi connectivity index (χ2n) is 3.88. The van der Waals surface area contributed by atoms with E-state index in [1.54, 1.807) is 18.2 Å². The van der Waals surface area contributed by atoms with Crippen LogP contribution in [0.5, 0.6) is 0 Å². The predicted molar refractivity (Wildman–Crippen MR) is 85.2 cm³/mol. The SMILES string of the molecule is O=C(Nc1ccc(Cl)cc1[N+](=O)[O-])c1cccc(I)c1. The maximum Gasteiger partial charge on any atom is 0.294 e. The smallest absolute Gasteiger partial charge is 0.294 e. The first-order valence-corrected chi connectivity index (χ1v) is 6.94. The maximum atomic E-state index is 12.1. The van der Waals surface area contributed by atoms with Crippen LogP contribution in [0.15, 0.2) is 42.5 Å². The van der Waals surface area contributed by atoms with Crippen molar-refractivity contribution in [3.63, 3.8) is 0 Å². The normalized spacial score (nSPS) is 10.1. The Balaban J connectivity index is 2.30. The fraction of sp³-hybridized carbons (Fsp3) is 0. The van der Waals surface area contributed by atoms with Crippen molar-refractivity contribution in [3.05, 3.63) is 66.7 Å². The van der Waals surface area contributed by atoms with Gasteiger partial charge in [-0.3, -0.25) is 14.9 Å². The van der Waals surface area contributed by atoms with Gasteiger partial charge in [0.1, 0.15) is 5.69 Å². The third-order valence-electron chi connectivity index (χ3n) is 2.49. The van der Waals surface area contributed by atoms with E-state index in [0.717, 1.165) is 3.57 Å². The number of amides is 1. The summed E-state index contributed by atoms with van der Waals surface area (Å²) in [6.07, 6.45) is 0. The number of carbonyl (C=O) groups is 1. The molecule has 1 amide bonds. The van der Waals surface area contributed by atoms with Crippen LogP contribution in [-0.4, -0.2) is 10.8 Å². The van der Waals surface area contributed by atoms with E-state index in [0.29, 0.717) is 5.56 Å². The van der Waals surface area contributed by atoms with Crippen LogP contribution in [0, 0.1) is 13.7 Å². The monoisotopic (exact) mass is 402 g/mol. The van der Waals surface area contributed by atoms with Gasteiger partial charge in [0.05, 0.1) is 4.92 Å². The highest BCUT2D eigenvalue weighted by atomic mass is 127. The van der Waals surface area contributed by atoms with Crippen LogP contribution in [0.4, 0.5) is 11.4 Å². The number of nitrogens with one attached hydrogen (secondary N) is 1. The number of rotatable bonds is 3. The summed E-state index contributed by atoms with van der Waals surface area (Å²) in [6, 6.07) is 11.0. The molecule has 2 rings (SSSR count). The Morgan fingerprint density at radius 1 is 1.25 bits per heavy atom. The molecule has 7 heteroatoms. The van der Waals surface area contributed by atoms with Gasteiger partial charge in [0, 0.05) is 20.2 Å². The highest BCUT2D eigenvalue weighted by molar-refractivity contribution is 14.1. The Hall–Kier alpha value is -1.67. The summed E-state index contributed by atoms with van der Waals surface area (Å²) >= 11 is 7.80. The van der Waals surface area contributed by atoms with Crippen LogP contribution < -0.4 is 5.32 Å². The van der Waals surface area contributed by atoms with Gasteiger partial charge in [-0.25, -0.2) is 0 Å². The lowest BCUT2D eigenvalue weighted by atomic mass is 10.2. The number of hydrogen-bond donors (Lipinski definition) is 1. The lowest BCUT2D eigenvalue weighted by Crippen LogP contribution is -2.13. The number of halogens is 2. The zero-order chi connectivity index (χ0) is 14.7. The van der Waals surface area contributed by atoms with Crippen molar-refractivity contribution in [1.82, 2.24) is 0 Å². The van der Waals surface area contributed by atoms with E-state index >= 15 is 0 Å². The Kier molecular flexibility index (Phi) is 4.56. The van der Waals surface area contributed by atoms with Gasteiger partial charge < -0.3 is 5.32 Å². The highest BCUT2D eigenvalue weighted by Gasteiger charge is 2.17. The van der Waals surface area contributed by atoms with Crippen LogP contribution >= 0.6 is 34.2 Å². The molecule has 0 unspecified atom stereocenters. The van der Waals surface area contributed by atoms with Gasteiger partial charge in [-0.1, -0.05) is 17.7 Å². The minimum Gasteiger partial charge on any atom is -0.316 e. The molecule has 0 aliphatic carbocycles. The second kappa shape index (κ2) is 6.19. The van der Waals surface area contributed by atoms with Crippen molar-refractivity contribution in [2.75, 3.05) is 5.32 Å². The average Bonchev–Trinajstić information content (AvgIpc) is 2.40. The van der Waals surface area contributed by atoms with Crippen LogP contribution in [0.3, 0.4) is 0 Å². The van der Waals surface area contributed by atoms with E-state index in [1.807, 2.05) is 6.07 Å². The Labute approximate surface area is 133 Å². The lowest BCUT2D eigenvalue weighted by molar-refractivity contribution is -0.383. The Morgan fingerprint density at radius 2 is 2.00 bits per heavy atom. The minimum atomic E-state index is -0.587. The molecule has 0 aliphatic heterocycles. The molecule has 0 heterocycles. The summed E-state index contributed by atoms with van der Waals surface area (Å²) in [7, 11) is 0. The van der Waals surface area contributed by atoms with Crippen LogP contribution in [0.2, 0.25) is 5.02 Å². The van der Waals surface area contributed by atoms with E-state index in [2.05, 4.69) is 27.9 Å². The van der Waals surface area contributed by atoms with E-state index in [-0.39, 0.29) is 16.4 Å². The molecule has 0 fully saturated rings. The first-order chi connectivity index (χ1) is 9.47. The Morgan fingerprint density at radius 3 is 2.65 bits per heavy atom. The summed E-state index contributed by atoms with van der Waals surface area (Å²) in [4.78, 5) is 22.4. The van der Waals surface area contributed by atoms with Crippen molar-refractivity contribution < 1.29 is 9.72 Å². The van der Waals surface area contributed by atoms with Gasteiger partial charge in [-0.15, -0.1) is 0 Å². The topological polar surface area (TPSA) is 72.2 Å². The van der Waals surface area contributed by atoms with E-state index in [4.69, 9.17) is 11.6 Å². The van der Waals surface area contributed by atoms with Crippen LogP contribution in [0.1, 0.15) is 10.4 Å². The molecule has 0 atom stereocenters. The number of nitrogens with zero attached hydrogens (tertiary/aromatic N) is 1. The maximum absolute atomic E-state index is 12.1. The van der Waals surface area contributed by atoms with Crippen molar-refractivity contribution in [2.45, 2.75) is 0 Å². The molecule has 0 aromatic heterocycles. The third-order valence-corrected chi connectivity index (χ3v) is 3.40. The van der Waals surface area contributed by atoms with Crippen molar-refractivity contribution in [2.24, 2.45) is 0 Å². The molecule has 0 spiro atoms. The quantitative estimate of drug-likeness (QED) is 0.477. The predicted octanol–water partition coefficient (Wildman–Crippen LogP) is 4.11. The van der Waals surface area contributed by atoms with Crippen molar-refractivity contribution in [1.29, 1.82) is 0 Å². The zero-order valence-electron chi connectivity index (χ0n) is 9.97. The molecule has 0 saturated heterocycles. The fourth-order valence-electron chi connectivity index (χ4n) is 1.59. The van der Waals surface area contributed by atoms with E-state index in [9.17, 15) is 14.9 Å². The third kappa shape index (κ3) is 3.45. The molecule has 5 nitrogen and oxygen atoms in total. The standard InChI is InChI=1S/C13H8ClIN2O3/c14-9-4-5-11(12(7-9)17(19)20)16-13(18)8-2-1-3-10(15)6-8/h1-7H,(H,16,18). The first-order valence-electron chi connectivity index (χ1n) is 5.48. The lowest BCUT2D eigenvalue weighted by Gasteiger charge is -2.06. The number of nitro benzene ring substituents is 1. The van der Waals surface area contributed by atoms with Gasteiger partial charge in [-0.05, 0) is 52.9 Å². The first kappa shape index (κ1) is 14.7. The van der Waals surface area contributed by atoms with Gasteiger partial charge in [0.25, 0.3) is 11.6 Å². The summed E-state index contributed by atoms with van der Waals surface area (Å²) < 4.78 is 0.904. The molecular weight excluding hydrogens is 395 g/mol. The van der Waals surface area contributed by atoms with Gasteiger partial charge >= 0.3 is 0 Å². The second-order valence-corrected chi connectivity index (χ2v) is 5.57. The van der Waals surface area contributed by atoms with Crippen molar-refractivity contribution in [3.8, 4) is 0 Å². The molecule has 0 radical (unpaired) electrons. The molecule has 0 aliphatic rings. The molecule has 0 bridgehead atoms. The minimum absolute atomic E-state index is 0.114. The molecular formula is C13H8ClIN2O3. The largest absolute Gasteiger partial charge is 0.316 e. The number of nitro groups is 1. The number of benzene rings is 2. The highest BCUT2D eigenvalue weighted by Crippen LogP contribution is 2.28. The van der Waals surface area contributed by atoms with Gasteiger partial charge in [0.2, 0.25) is 0 Å². The van der Waals surface area contributed by atoms with Gasteiger partial charge in [-0.2, -0.15) is 0 Å². The van der Waals surface area contributed by atoms with Gasteiger partial charge in [0.15, 0.2) is 0 Å². The molecule has 2 aromatic rings. The summed E-state index contributed by atoms with van der Waals surface area (Å²) in [5.41, 5.74) is 0.306. The summed E-state index contributed by atoms with van der Waals surface area (Å²) in [5, 5.41) is 13.7. The molecule has 1 N–H and O–H groups in total. The van der Waals surface area contributed by atoms with E-state index < -0.39 is 10.8 Å². The summed E-state index contributed by atoms with van der Waals surface area (Å²) in [6.45, 7) is 0. The van der Waals surface area contributed by atoms with Crippen LogP contribution in [0.25, 0.3) is 0 Å². The number of carbonyl (C=O) groups excluding carboxylic acids is 1. The molecule has 102 valence electrons. The summed E-state index contributed by atoms with van der Waals surface area (Å²) in [5.74, 6) is -0.408. The zero-order valence-corrected chi connectivity index (χ0v) is 12.9. The Bertz CT molecular complexity index is 691. The molecule has 20 heavy (non-hydrogen) atoms. The van der Waals surface area contributed by atoms with Crippen molar-refractivity contribution >= 4 is 51.5 Å². The number of anilines is 1. The fourth-order valence-corrected chi connectivity index (χ4v) is 2.30. The molecule has 0 saturated carbocycles. The van der Waals surface area contributed by atoms with Crippen LogP contribution in [-0.2, 0) is 0 Å².